The molecule has 108 valence electrons. The molecule has 2 unspecified atom stereocenters. The van der Waals surface area contributed by atoms with Gasteiger partial charge in [0.2, 0.25) is 11.8 Å². The van der Waals surface area contributed by atoms with Crippen molar-refractivity contribution in [2.45, 2.75) is 45.3 Å². The van der Waals surface area contributed by atoms with Gasteiger partial charge in [0.25, 0.3) is 0 Å². The molecule has 2 amide bonds. The van der Waals surface area contributed by atoms with Gasteiger partial charge in [-0.2, -0.15) is 11.3 Å². The Morgan fingerprint density at radius 1 is 1.35 bits per heavy atom. The van der Waals surface area contributed by atoms with Crippen LogP contribution < -0.4 is 0 Å². The average molecular weight is 292 g/mol. The molecule has 1 aromatic rings. The van der Waals surface area contributed by atoms with Crippen LogP contribution in [-0.4, -0.2) is 40.2 Å². The van der Waals surface area contributed by atoms with Gasteiger partial charge in [0.05, 0.1) is 0 Å². The van der Waals surface area contributed by atoms with E-state index in [0.717, 1.165) is 24.9 Å². The fourth-order valence-corrected chi connectivity index (χ4v) is 3.98. The molecular weight excluding hydrogens is 272 g/mol. The van der Waals surface area contributed by atoms with Crippen LogP contribution in [-0.2, 0) is 16.1 Å². The maximum absolute atomic E-state index is 12.7. The molecule has 2 atom stereocenters. The molecule has 0 spiro atoms. The number of carbonyl (C=O) groups is 2. The van der Waals surface area contributed by atoms with E-state index < -0.39 is 0 Å². The van der Waals surface area contributed by atoms with Crippen molar-refractivity contribution in [1.29, 1.82) is 0 Å². The molecule has 0 radical (unpaired) electrons. The number of carbonyl (C=O) groups excluding carboxylic acids is 2. The molecule has 2 saturated heterocycles. The molecule has 0 N–H and O–H groups in total. The molecule has 5 heteroatoms. The van der Waals surface area contributed by atoms with E-state index in [9.17, 15) is 9.59 Å². The number of fused-ring (bicyclic) bond motifs is 1. The maximum atomic E-state index is 12.7. The van der Waals surface area contributed by atoms with Crippen molar-refractivity contribution >= 4 is 23.2 Å². The first kappa shape index (κ1) is 13.6. The normalized spacial score (nSPS) is 26.6. The first-order valence-electron chi connectivity index (χ1n) is 7.21. The molecule has 2 aliphatic rings. The SMILES string of the molecule is CC(C)C1C(=O)N2CCCC2C(=O)N1Cc1ccsc1. The zero-order chi connectivity index (χ0) is 14.3. The minimum absolute atomic E-state index is 0.131. The third-order valence-corrected chi connectivity index (χ3v) is 4.99. The third kappa shape index (κ3) is 2.14. The third-order valence-electron chi connectivity index (χ3n) is 4.26. The monoisotopic (exact) mass is 292 g/mol. The highest BCUT2D eigenvalue weighted by atomic mass is 32.1. The van der Waals surface area contributed by atoms with Crippen molar-refractivity contribution in [2.24, 2.45) is 5.92 Å². The van der Waals surface area contributed by atoms with Crippen LogP contribution in [0.5, 0.6) is 0 Å². The molecule has 20 heavy (non-hydrogen) atoms. The fourth-order valence-electron chi connectivity index (χ4n) is 3.32. The highest BCUT2D eigenvalue weighted by Gasteiger charge is 2.48. The van der Waals surface area contributed by atoms with Gasteiger partial charge < -0.3 is 9.80 Å². The van der Waals surface area contributed by atoms with Gasteiger partial charge in [-0.1, -0.05) is 13.8 Å². The standard InChI is InChI=1S/C15H20N2O2S/c1-10(2)13-15(19)16-6-3-4-12(16)14(18)17(13)8-11-5-7-20-9-11/h5,7,9-10,12-13H,3-4,6,8H2,1-2H3. The van der Waals surface area contributed by atoms with Crippen LogP contribution >= 0.6 is 11.3 Å². The number of hydrogen-bond acceptors (Lipinski definition) is 3. The van der Waals surface area contributed by atoms with E-state index in [1.807, 2.05) is 30.2 Å². The zero-order valence-corrected chi connectivity index (χ0v) is 12.7. The summed E-state index contributed by atoms with van der Waals surface area (Å²) in [5, 5.41) is 4.06. The number of thiophene rings is 1. The zero-order valence-electron chi connectivity index (χ0n) is 11.9. The number of rotatable bonds is 3. The van der Waals surface area contributed by atoms with Gasteiger partial charge in [-0.05, 0) is 41.1 Å². The summed E-state index contributed by atoms with van der Waals surface area (Å²) in [6.45, 7) is 5.34. The van der Waals surface area contributed by atoms with Crippen LogP contribution in [0.3, 0.4) is 0 Å². The quantitative estimate of drug-likeness (QED) is 0.856. The van der Waals surface area contributed by atoms with Gasteiger partial charge in [0, 0.05) is 13.1 Å². The van der Waals surface area contributed by atoms with E-state index in [1.165, 1.54) is 0 Å². The summed E-state index contributed by atoms with van der Waals surface area (Å²) in [4.78, 5) is 29.0. The molecule has 0 saturated carbocycles. The topological polar surface area (TPSA) is 40.6 Å². The predicted octanol–water partition coefficient (Wildman–Crippen LogP) is 2.11. The minimum atomic E-state index is -0.309. The Hall–Kier alpha value is -1.36. The molecule has 2 fully saturated rings. The second-order valence-electron chi connectivity index (χ2n) is 5.98. The molecular formula is C15H20N2O2S. The summed E-state index contributed by atoms with van der Waals surface area (Å²) in [5.41, 5.74) is 1.12. The Balaban J connectivity index is 1.91. The van der Waals surface area contributed by atoms with Crippen molar-refractivity contribution in [1.82, 2.24) is 9.80 Å². The van der Waals surface area contributed by atoms with Crippen molar-refractivity contribution < 1.29 is 9.59 Å². The lowest BCUT2D eigenvalue weighted by Gasteiger charge is -2.44. The van der Waals surface area contributed by atoms with Gasteiger partial charge in [-0.25, -0.2) is 0 Å². The Bertz CT molecular complexity index is 512. The van der Waals surface area contributed by atoms with E-state index in [1.54, 1.807) is 16.2 Å². The van der Waals surface area contributed by atoms with Crippen molar-refractivity contribution in [3.63, 3.8) is 0 Å². The lowest BCUT2D eigenvalue weighted by atomic mass is 9.95. The van der Waals surface area contributed by atoms with E-state index >= 15 is 0 Å². The lowest BCUT2D eigenvalue weighted by Crippen LogP contribution is -2.63. The van der Waals surface area contributed by atoms with Gasteiger partial charge in [0.1, 0.15) is 12.1 Å². The van der Waals surface area contributed by atoms with Crippen LogP contribution in [0.1, 0.15) is 32.3 Å². The summed E-state index contributed by atoms with van der Waals surface area (Å²) < 4.78 is 0. The largest absolute Gasteiger partial charge is 0.329 e. The molecule has 0 aromatic carbocycles. The average Bonchev–Trinajstić information content (AvgIpc) is 3.06. The van der Waals surface area contributed by atoms with Crippen molar-refractivity contribution in [3.05, 3.63) is 22.4 Å². The number of hydrogen-bond donors (Lipinski definition) is 0. The molecule has 0 aliphatic carbocycles. The molecule has 0 bridgehead atoms. The second-order valence-corrected chi connectivity index (χ2v) is 6.76. The van der Waals surface area contributed by atoms with E-state index in [4.69, 9.17) is 0 Å². The molecule has 3 heterocycles. The van der Waals surface area contributed by atoms with Crippen molar-refractivity contribution in [3.8, 4) is 0 Å². The van der Waals surface area contributed by atoms with E-state index in [2.05, 4.69) is 5.38 Å². The first-order valence-corrected chi connectivity index (χ1v) is 8.16. The fraction of sp³-hybridized carbons (Fsp3) is 0.600. The predicted molar refractivity (Wildman–Crippen MR) is 78.2 cm³/mol. The second kappa shape index (κ2) is 5.20. The van der Waals surface area contributed by atoms with Gasteiger partial charge in [-0.3, -0.25) is 9.59 Å². The molecule has 4 nitrogen and oxygen atoms in total. The highest BCUT2D eigenvalue weighted by Crippen LogP contribution is 2.31. The summed E-state index contributed by atoms with van der Waals surface area (Å²) >= 11 is 1.63. The van der Waals surface area contributed by atoms with Gasteiger partial charge in [-0.15, -0.1) is 0 Å². The van der Waals surface area contributed by atoms with Crippen LogP contribution in [0, 0.1) is 5.92 Å². The summed E-state index contributed by atoms with van der Waals surface area (Å²) in [5.74, 6) is 0.413. The van der Waals surface area contributed by atoms with Gasteiger partial charge >= 0.3 is 0 Å². The highest BCUT2D eigenvalue weighted by molar-refractivity contribution is 7.07. The summed E-state index contributed by atoms with van der Waals surface area (Å²) in [7, 11) is 0. The van der Waals surface area contributed by atoms with Crippen LogP contribution in [0.4, 0.5) is 0 Å². The van der Waals surface area contributed by atoms with E-state index in [-0.39, 0.29) is 29.8 Å². The maximum Gasteiger partial charge on any atom is 0.246 e. The summed E-state index contributed by atoms with van der Waals surface area (Å²) in [6.07, 6.45) is 1.76. The Labute approximate surface area is 123 Å². The lowest BCUT2D eigenvalue weighted by molar-refractivity contribution is -0.162. The first-order chi connectivity index (χ1) is 9.59. The number of piperazine rings is 1. The molecule has 2 aliphatic heterocycles. The summed E-state index contributed by atoms with van der Waals surface area (Å²) in [6, 6.07) is 1.51. The van der Waals surface area contributed by atoms with Gasteiger partial charge in [0.15, 0.2) is 0 Å². The van der Waals surface area contributed by atoms with E-state index in [0.29, 0.717) is 6.54 Å². The van der Waals surface area contributed by atoms with Crippen LogP contribution in [0.15, 0.2) is 16.8 Å². The Kier molecular flexibility index (Phi) is 3.54. The van der Waals surface area contributed by atoms with Crippen LogP contribution in [0.25, 0.3) is 0 Å². The molecule has 3 rings (SSSR count). The Morgan fingerprint density at radius 2 is 2.15 bits per heavy atom. The Morgan fingerprint density at radius 3 is 2.80 bits per heavy atom. The number of amides is 2. The minimum Gasteiger partial charge on any atom is -0.329 e. The number of nitrogens with zero attached hydrogens (tertiary/aromatic N) is 2. The van der Waals surface area contributed by atoms with Crippen LogP contribution in [0.2, 0.25) is 0 Å². The van der Waals surface area contributed by atoms with Crippen molar-refractivity contribution in [2.75, 3.05) is 6.54 Å². The molecule has 1 aromatic heterocycles. The smallest absolute Gasteiger partial charge is 0.246 e.